The Bertz CT molecular complexity index is 994. The van der Waals surface area contributed by atoms with E-state index in [0.29, 0.717) is 39.1 Å². The van der Waals surface area contributed by atoms with Gasteiger partial charge in [-0.3, -0.25) is 9.59 Å². The first-order valence-corrected chi connectivity index (χ1v) is 12.0. The van der Waals surface area contributed by atoms with E-state index in [0.717, 1.165) is 23.1 Å². The van der Waals surface area contributed by atoms with Crippen molar-refractivity contribution in [2.24, 2.45) is 0 Å². The average Bonchev–Trinajstić information content (AvgIpc) is 2.88. The molecule has 0 heterocycles. The lowest BCUT2D eigenvalue weighted by atomic mass is 10.0. The third-order valence-electron chi connectivity index (χ3n) is 5.63. The van der Waals surface area contributed by atoms with E-state index in [-0.39, 0.29) is 11.8 Å². The number of rotatable bonds is 13. The van der Waals surface area contributed by atoms with Gasteiger partial charge in [-0.15, -0.1) is 0 Å². The van der Waals surface area contributed by atoms with Gasteiger partial charge in [0.15, 0.2) is 0 Å². The second-order valence-electron chi connectivity index (χ2n) is 8.15. The van der Waals surface area contributed by atoms with Crippen LogP contribution in [0.5, 0.6) is 0 Å². The molecule has 5 heteroatoms. The minimum Gasteiger partial charge on any atom is -0.382 e. The summed E-state index contributed by atoms with van der Waals surface area (Å²) >= 11 is 0. The molecule has 0 aliphatic carbocycles. The lowest BCUT2D eigenvalue weighted by Gasteiger charge is -2.32. The number of ether oxygens (including phenoxy) is 1. The van der Waals surface area contributed by atoms with Crippen LogP contribution in [-0.4, -0.2) is 36.5 Å². The Kier molecular flexibility index (Phi) is 10.3. The van der Waals surface area contributed by atoms with Crippen molar-refractivity contribution in [3.8, 4) is 0 Å². The molecule has 0 saturated heterocycles. The van der Waals surface area contributed by atoms with Gasteiger partial charge in [0.25, 0.3) is 0 Å². The van der Waals surface area contributed by atoms with E-state index >= 15 is 0 Å². The minimum absolute atomic E-state index is 0.0500. The maximum atomic E-state index is 13.6. The average molecular weight is 459 g/mol. The molecule has 0 fully saturated rings. The van der Waals surface area contributed by atoms with Crippen LogP contribution in [0.15, 0.2) is 91.0 Å². The van der Waals surface area contributed by atoms with Gasteiger partial charge in [-0.2, -0.15) is 0 Å². The van der Waals surface area contributed by atoms with Crippen molar-refractivity contribution >= 4 is 11.8 Å². The second kappa shape index (κ2) is 14.0. The highest BCUT2D eigenvalue weighted by molar-refractivity contribution is 5.88. The molecule has 1 N–H and O–H groups in total. The molecule has 2 amide bonds. The standard InChI is InChI=1S/C29H34N2O3/c1-2-34-22-12-21-30-29(33)28(26-17-10-5-11-18-26)31(23-25-15-8-4-9-16-25)27(32)20-19-24-13-6-3-7-14-24/h3-11,13-18,28H,2,12,19-23H2,1H3,(H,30,33). The molecule has 3 rings (SSSR count). The first-order valence-electron chi connectivity index (χ1n) is 12.0. The highest BCUT2D eigenvalue weighted by atomic mass is 16.5. The molecule has 178 valence electrons. The van der Waals surface area contributed by atoms with Crippen molar-refractivity contribution in [2.45, 2.75) is 38.8 Å². The molecule has 34 heavy (non-hydrogen) atoms. The van der Waals surface area contributed by atoms with Crippen LogP contribution in [0.4, 0.5) is 0 Å². The minimum atomic E-state index is -0.711. The summed E-state index contributed by atoms with van der Waals surface area (Å²) in [5, 5.41) is 3.02. The number of amides is 2. The molecular formula is C29H34N2O3. The molecule has 1 unspecified atom stereocenters. The Morgan fingerprint density at radius 2 is 1.44 bits per heavy atom. The van der Waals surface area contributed by atoms with Crippen molar-refractivity contribution in [1.29, 1.82) is 0 Å². The lowest BCUT2D eigenvalue weighted by molar-refractivity contribution is -0.141. The second-order valence-corrected chi connectivity index (χ2v) is 8.15. The van der Waals surface area contributed by atoms with Crippen LogP contribution in [0.1, 0.15) is 42.5 Å². The van der Waals surface area contributed by atoms with Crippen molar-refractivity contribution in [2.75, 3.05) is 19.8 Å². The highest BCUT2D eigenvalue weighted by Gasteiger charge is 2.31. The molecule has 0 bridgehead atoms. The van der Waals surface area contributed by atoms with Crippen LogP contribution in [-0.2, 0) is 27.3 Å². The Morgan fingerprint density at radius 3 is 2.06 bits per heavy atom. The fourth-order valence-corrected chi connectivity index (χ4v) is 3.88. The van der Waals surface area contributed by atoms with Crippen LogP contribution < -0.4 is 5.32 Å². The van der Waals surface area contributed by atoms with Gasteiger partial charge in [-0.25, -0.2) is 0 Å². The zero-order valence-corrected chi connectivity index (χ0v) is 19.9. The molecule has 1 atom stereocenters. The van der Waals surface area contributed by atoms with E-state index in [4.69, 9.17) is 4.74 Å². The Hall–Kier alpha value is -3.44. The van der Waals surface area contributed by atoms with Gasteiger partial charge in [0.05, 0.1) is 0 Å². The Labute approximate surface area is 202 Å². The number of hydrogen-bond donors (Lipinski definition) is 1. The first kappa shape index (κ1) is 25.2. The number of aryl methyl sites for hydroxylation is 1. The predicted molar refractivity (Wildman–Crippen MR) is 135 cm³/mol. The van der Waals surface area contributed by atoms with Crippen LogP contribution in [0, 0.1) is 0 Å². The van der Waals surface area contributed by atoms with E-state index in [1.165, 1.54) is 0 Å². The lowest BCUT2D eigenvalue weighted by Crippen LogP contribution is -2.43. The number of hydrogen-bond acceptors (Lipinski definition) is 3. The first-order chi connectivity index (χ1) is 16.7. The van der Waals surface area contributed by atoms with Crippen LogP contribution in [0.25, 0.3) is 0 Å². The number of benzene rings is 3. The quantitative estimate of drug-likeness (QED) is 0.370. The van der Waals surface area contributed by atoms with E-state index < -0.39 is 6.04 Å². The van der Waals surface area contributed by atoms with Crippen molar-refractivity contribution in [3.05, 3.63) is 108 Å². The number of nitrogens with one attached hydrogen (secondary N) is 1. The van der Waals surface area contributed by atoms with Gasteiger partial charge in [-0.05, 0) is 36.5 Å². The van der Waals surface area contributed by atoms with Crippen LogP contribution in [0.2, 0.25) is 0 Å². The Balaban J connectivity index is 1.83. The highest BCUT2D eigenvalue weighted by Crippen LogP contribution is 2.25. The summed E-state index contributed by atoms with van der Waals surface area (Å²) in [6.45, 7) is 4.06. The summed E-state index contributed by atoms with van der Waals surface area (Å²) in [6, 6.07) is 28.6. The number of carbonyl (C=O) groups is 2. The number of nitrogens with zero attached hydrogens (tertiary/aromatic N) is 1. The van der Waals surface area contributed by atoms with Gasteiger partial charge in [0.2, 0.25) is 11.8 Å². The van der Waals surface area contributed by atoms with Gasteiger partial charge in [-0.1, -0.05) is 91.0 Å². The third-order valence-corrected chi connectivity index (χ3v) is 5.63. The number of carbonyl (C=O) groups excluding carboxylic acids is 2. The Morgan fingerprint density at radius 1 is 0.853 bits per heavy atom. The fraction of sp³-hybridized carbons (Fsp3) is 0.310. The summed E-state index contributed by atoms with van der Waals surface area (Å²) in [5.41, 5.74) is 2.89. The normalized spacial score (nSPS) is 11.6. The molecule has 0 aliphatic rings. The van der Waals surface area contributed by atoms with Crippen molar-refractivity contribution in [3.63, 3.8) is 0 Å². The van der Waals surface area contributed by atoms with E-state index in [9.17, 15) is 9.59 Å². The molecule has 0 radical (unpaired) electrons. The molecule has 0 spiro atoms. The molecular weight excluding hydrogens is 424 g/mol. The summed E-state index contributed by atoms with van der Waals surface area (Å²) in [6.07, 6.45) is 1.68. The summed E-state index contributed by atoms with van der Waals surface area (Å²) in [4.78, 5) is 28.7. The van der Waals surface area contributed by atoms with Gasteiger partial charge in [0.1, 0.15) is 6.04 Å². The summed E-state index contributed by atoms with van der Waals surface area (Å²) < 4.78 is 5.38. The third kappa shape index (κ3) is 7.85. The summed E-state index contributed by atoms with van der Waals surface area (Å²) in [5.74, 6) is -0.224. The maximum absolute atomic E-state index is 13.6. The van der Waals surface area contributed by atoms with E-state index in [1.54, 1.807) is 4.90 Å². The molecule has 3 aromatic rings. The van der Waals surface area contributed by atoms with Crippen molar-refractivity contribution < 1.29 is 14.3 Å². The molecule has 0 aromatic heterocycles. The monoisotopic (exact) mass is 458 g/mol. The molecule has 5 nitrogen and oxygen atoms in total. The molecule has 0 aliphatic heterocycles. The topological polar surface area (TPSA) is 58.6 Å². The van der Waals surface area contributed by atoms with Gasteiger partial charge < -0.3 is 15.0 Å². The largest absolute Gasteiger partial charge is 0.382 e. The fourth-order valence-electron chi connectivity index (χ4n) is 3.88. The smallest absolute Gasteiger partial charge is 0.247 e. The maximum Gasteiger partial charge on any atom is 0.247 e. The summed E-state index contributed by atoms with van der Waals surface area (Å²) in [7, 11) is 0. The van der Waals surface area contributed by atoms with Gasteiger partial charge >= 0.3 is 0 Å². The van der Waals surface area contributed by atoms with E-state index in [1.807, 2.05) is 97.9 Å². The zero-order valence-electron chi connectivity index (χ0n) is 19.9. The van der Waals surface area contributed by atoms with E-state index in [2.05, 4.69) is 5.32 Å². The molecule has 3 aromatic carbocycles. The molecule has 0 saturated carbocycles. The zero-order chi connectivity index (χ0) is 24.0. The van der Waals surface area contributed by atoms with Crippen LogP contribution >= 0.6 is 0 Å². The van der Waals surface area contributed by atoms with Crippen LogP contribution in [0.3, 0.4) is 0 Å². The van der Waals surface area contributed by atoms with Gasteiger partial charge in [0, 0.05) is 32.7 Å². The predicted octanol–water partition coefficient (Wildman–Crippen LogP) is 4.93. The van der Waals surface area contributed by atoms with Crippen molar-refractivity contribution in [1.82, 2.24) is 10.2 Å². The SMILES string of the molecule is CCOCCCNC(=O)C(c1ccccc1)N(Cc1ccccc1)C(=O)CCc1ccccc1.